The van der Waals surface area contributed by atoms with Crippen LogP contribution in [0.25, 0.3) is 0 Å². The predicted molar refractivity (Wildman–Crippen MR) is 59.6 cm³/mol. The number of carboxylic acids is 1. The standard InChI is InChI=1S/C11H10Cl2O2/c12-8-4-7-3-6(11(14)15)1-2-9(7)10(13)5-8/h4-6H,1-3H2,(H,14,15). The lowest BCUT2D eigenvalue weighted by molar-refractivity contribution is -0.142. The maximum absolute atomic E-state index is 10.9. The Balaban J connectivity index is 2.37. The van der Waals surface area contributed by atoms with Crippen molar-refractivity contribution >= 4 is 29.2 Å². The van der Waals surface area contributed by atoms with Gasteiger partial charge in [-0.1, -0.05) is 23.2 Å². The number of benzene rings is 1. The van der Waals surface area contributed by atoms with Crippen LogP contribution in [0, 0.1) is 5.92 Å². The fraction of sp³-hybridized carbons (Fsp3) is 0.364. The van der Waals surface area contributed by atoms with E-state index in [2.05, 4.69) is 0 Å². The number of rotatable bonds is 1. The van der Waals surface area contributed by atoms with E-state index in [0.29, 0.717) is 22.9 Å². The average molecular weight is 245 g/mol. The summed E-state index contributed by atoms with van der Waals surface area (Å²) in [5.74, 6) is -1.04. The first-order chi connectivity index (χ1) is 7.08. The van der Waals surface area contributed by atoms with Crippen LogP contribution in [0.5, 0.6) is 0 Å². The van der Waals surface area contributed by atoms with Gasteiger partial charge in [0.1, 0.15) is 0 Å². The van der Waals surface area contributed by atoms with E-state index in [0.717, 1.165) is 17.5 Å². The molecule has 1 aliphatic carbocycles. The Kier molecular flexibility index (Phi) is 2.89. The molecule has 1 aromatic rings. The maximum Gasteiger partial charge on any atom is 0.306 e. The van der Waals surface area contributed by atoms with Crippen molar-refractivity contribution in [3.8, 4) is 0 Å². The van der Waals surface area contributed by atoms with Gasteiger partial charge in [-0.05, 0) is 42.5 Å². The molecule has 0 bridgehead atoms. The molecule has 0 aliphatic heterocycles. The summed E-state index contributed by atoms with van der Waals surface area (Å²) in [4.78, 5) is 10.9. The van der Waals surface area contributed by atoms with Gasteiger partial charge in [0.05, 0.1) is 5.92 Å². The van der Waals surface area contributed by atoms with E-state index < -0.39 is 5.97 Å². The lowest BCUT2D eigenvalue weighted by Gasteiger charge is -2.22. The molecule has 0 radical (unpaired) electrons. The van der Waals surface area contributed by atoms with Gasteiger partial charge in [-0.2, -0.15) is 0 Å². The molecule has 0 heterocycles. The van der Waals surface area contributed by atoms with Crippen molar-refractivity contribution in [2.75, 3.05) is 0 Å². The minimum Gasteiger partial charge on any atom is -0.481 e. The molecule has 1 aromatic carbocycles. The van der Waals surface area contributed by atoms with E-state index in [1.165, 1.54) is 0 Å². The van der Waals surface area contributed by atoms with Crippen molar-refractivity contribution in [3.63, 3.8) is 0 Å². The van der Waals surface area contributed by atoms with Gasteiger partial charge in [0, 0.05) is 10.0 Å². The summed E-state index contributed by atoms with van der Waals surface area (Å²) in [5, 5.41) is 10.2. The third kappa shape index (κ3) is 2.11. The number of carbonyl (C=O) groups is 1. The van der Waals surface area contributed by atoms with Crippen LogP contribution in [-0.2, 0) is 17.6 Å². The van der Waals surface area contributed by atoms with Gasteiger partial charge in [-0.15, -0.1) is 0 Å². The molecule has 4 heteroatoms. The van der Waals surface area contributed by atoms with Crippen molar-refractivity contribution in [2.24, 2.45) is 5.92 Å². The SMILES string of the molecule is O=C(O)C1CCc2c(Cl)cc(Cl)cc2C1. The van der Waals surface area contributed by atoms with Crippen molar-refractivity contribution in [1.82, 2.24) is 0 Å². The molecule has 15 heavy (non-hydrogen) atoms. The molecule has 0 saturated carbocycles. The van der Waals surface area contributed by atoms with Crippen LogP contribution in [0.4, 0.5) is 0 Å². The molecule has 0 fully saturated rings. The lowest BCUT2D eigenvalue weighted by atomic mass is 9.84. The highest BCUT2D eigenvalue weighted by molar-refractivity contribution is 6.35. The summed E-state index contributed by atoms with van der Waals surface area (Å²) in [6, 6.07) is 3.53. The minimum absolute atomic E-state index is 0.299. The Hall–Kier alpha value is -0.730. The molecule has 80 valence electrons. The third-order valence-electron chi connectivity index (χ3n) is 2.81. The van der Waals surface area contributed by atoms with E-state index in [1.807, 2.05) is 6.07 Å². The highest BCUT2D eigenvalue weighted by Gasteiger charge is 2.25. The van der Waals surface area contributed by atoms with Gasteiger partial charge in [-0.3, -0.25) is 4.79 Å². The second-order valence-corrected chi connectivity index (χ2v) is 4.65. The molecule has 1 atom stereocenters. The van der Waals surface area contributed by atoms with Gasteiger partial charge in [0.15, 0.2) is 0 Å². The normalized spacial score (nSPS) is 19.7. The Labute approximate surface area is 97.8 Å². The summed E-state index contributed by atoms with van der Waals surface area (Å²) in [5.41, 5.74) is 2.03. The molecule has 1 unspecified atom stereocenters. The fourth-order valence-electron chi connectivity index (χ4n) is 2.02. The fourth-order valence-corrected chi connectivity index (χ4v) is 2.65. The van der Waals surface area contributed by atoms with Gasteiger partial charge in [0.25, 0.3) is 0 Å². The van der Waals surface area contributed by atoms with E-state index in [4.69, 9.17) is 28.3 Å². The molecule has 1 N–H and O–H groups in total. The topological polar surface area (TPSA) is 37.3 Å². The Morgan fingerprint density at radius 1 is 1.40 bits per heavy atom. The molecule has 0 saturated heterocycles. The summed E-state index contributed by atoms with van der Waals surface area (Å²) >= 11 is 11.9. The molecular formula is C11H10Cl2O2. The van der Waals surface area contributed by atoms with Gasteiger partial charge < -0.3 is 5.11 Å². The second kappa shape index (κ2) is 4.03. The molecular weight excluding hydrogens is 235 g/mol. The van der Waals surface area contributed by atoms with Crippen LogP contribution in [0.1, 0.15) is 17.5 Å². The molecule has 0 spiro atoms. The first-order valence-electron chi connectivity index (χ1n) is 4.77. The van der Waals surface area contributed by atoms with Crippen LogP contribution in [0.2, 0.25) is 10.0 Å². The molecule has 1 aliphatic rings. The van der Waals surface area contributed by atoms with Crippen LogP contribution in [0.3, 0.4) is 0 Å². The molecule has 2 rings (SSSR count). The van der Waals surface area contributed by atoms with Gasteiger partial charge in [-0.25, -0.2) is 0 Å². The molecule has 2 nitrogen and oxygen atoms in total. The van der Waals surface area contributed by atoms with Crippen LogP contribution >= 0.6 is 23.2 Å². The van der Waals surface area contributed by atoms with E-state index >= 15 is 0 Å². The van der Waals surface area contributed by atoms with Crippen LogP contribution in [0.15, 0.2) is 12.1 Å². The van der Waals surface area contributed by atoms with Crippen molar-refractivity contribution in [3.05, 3.63) is 33.3 Å². The van der Waals surface area contributed by atoms with E-state index in [1.54, 1.807) is 6.07 Å². The van der Waals surface area contributed by atoms with E-state index in [9.17, 15) is 4.79 Å². The second-order valence-electron chi connectivity index (χ2n) is 3.80. The third-order valence-corrected chi connectivity index (χ3v) is 3.37. The molecule has 0 aromatic heterocycles. The predicted octanol–water partition coefficient (Wildman–Crippen LogP) is 3.18. The number of aliphatic carboxylic acids is 1. The van der Waals surface area contributed by atoms with Gasteiger partial charge >= 0.3 is 5.97 Å². The summed E-state index contributed by atoms with van der Waals surface area (Å²) in [6.45, 7) is 0. The Bertz CT molecular complexity index is 415. The Morgan fingerprint density at radius 3 is 2.80 bits per heavy atom. The van der Waals surface area contributed by atoms with Crippen molar-refractivity contribution in [2.45, 2.75) is 19.3 Å². The van der Waals surface area contributed by atoms with Crippen LogP contribution in [-0.4, -0.2) is 11.1 Å². The van der Waals surface area contributed by atoms with Crippen LogP contribution < -0.4 is 0 Å². The number of hydrogen-bond donors (Lipinski definition) is 1. The quantitative estimate of drug-likeness (QED) is 0.824. The monoisotopic (exact) mass is 244 g/mol. The maximum atomic E-state index is 10.9. The first-order valence-corrected chi connectivity index (χ1v) is 5.53. The van der Waals surface area contributed by atoms with E-state index in [-0.39, 0.29) is 5.92 Å². The summed E-state index contributed by atoms with van der Waals surface area (Å²) in [7, 11) is 0. The number of carboxylic acid groups (broad SMARTS) is 1. The minimum atomic E-state index is -0.739. The zero-order valence-corrected chi connectivity index (χ0v) is 9.48. The largest absolute Gasteiger partial charge is 0.481 e. The summed E-state index contributed by atoms with van der Waals surface area (Å²) in [6.07, 6.45) is 1.91. The lowest BCUT2D eigenvalue weighted by Crippen LogP contribution is -2.22. The number of halogens is 2. The number of fused-ring (bicyclic) bond motifs is 1. The van der Waals surface area contributed by atoms with Crippen molar-refractivity contribution in [1.29, 1.82) is 0 Å². The first kappa shape index (κ1) is 10.8. The van der Waals surface area contributed by atoms with Gasteiger partial charge in [0.2, 0.25) is 0 Å². The molecule has 0 amide bonds. The highest BCUT2D eigenvalue weighted by atomic mass is 35.5. The average Bonchev–Trinajstić information content (AvgIpc) is 2.16. The summed E-state index contributed by atoms with van der Waals surface area (Å²) < 4.78 is 0. The smallest absolute Gasteiger partial charge is 0.306 e. The zero-order valence-electron chi connectivity index (χ0n) is 7.96. The van der Waals surface area contributed by atoms with Crippen molar-refractivity contribution < 1.29 is 9.90 Å². The number of hydrogen-bond acceptors (Lipinski definition) is 1. The highest BCUT2D eigenvalue weighted by Crippen LogP contribution is 2.33. The Morgan fingerprint density at radius 2 is 2.13 bits per heavy atom. The zero-order chi connectivity index (χ0) is 11.0.